The van der Waals surface area contributed by atoms with Crippen LogP contribution in [0.1, 0.15) is 15.2 Å². The molecule has 8 heteroatoms. The topological polar surface area (TPSA) is 81.3 Å². The Morgan fingerprint density at radius 3 is 2.55 bits per heavy atom. The van der Waals surface area contributed by atoms with Crippen LogP contribution in [0.25, 0.3) is 10.1 Å². The molecule has 4 rings (SSSR count). The third-order valence-corrected chi connectivity index (χ3v) is 5.38. The van der Waals surface area contributed by atoms with E-state index in [1.54, 1.807) is 24.3 Å². The quantitative estimate of drug-likeness (QED) is 0.448. The summed E-state index contributed by atoms with van der Waals surface area (Å²) in [6.07, 6.45) is 0. The number of carbonyl (C=O) groups excluding carboxylic acids is 1. The van der Waals surface area contributed by atoms with Crippen LogP contribution in [0.5, 0.6) is 0 Å². The molecule has 1 amide bonds. The van der Waals surface area contributed by atoms with Crippen molar-refractivity contribution in [2.24, 2.45) is 0 Å². The van der Waals surface area contributed by atoms with Crippen LogP contribution >= 0.6 is 11.3 Å². The second-order valence-electron chi connectivity index (χ2n) is 6.28. The highest BCUT2D eigenvalue weighted by atomic mass is 35.5. The van der Waals surface area contributed by atoms with E-state index in [9.17, 15) is 9.18 Å². The summed E-state index contributed by atoms with van der Waals surface area (Å²) in [6, 6.07) is 19.5. The molecule has 0 saturated carbocycles. The minimum Gasteiger partial charge on any atom is -1.00 e. The number of pyridine rings is 1. The largest absolute Gasteiger partial charge is 1.00 e. The Labute approximate surface area is 177 Å². The zero-order valence-corrected chi connectivity index (χ0v) is 16.8. The van der Waals surface area contributed by atoms with Gasteiger partial charge in [-0.3, -0.25) is 4.79 Å². The van der Waals surface area contributed by atoms with Gasteiger partial charge in [-0.15, -0.1) is 11.3 Å². The number of hydrogen-bond donors (Lipinski definition) is 3. The maximum absolute atomic E-state index is 13.0. The fourth-order valence-electron chi connectivity index (χ4n) is 2.80. The fourth-order valence-corrected chi connectivity index (χ4v) is 3.76. The molecule has 0 saturated heterocycles. The molecule has 4 aromatic rings. The highest BCUT2D eigenvalue weighted by Crippen LogP contribution is 2.26. The molecule has 0 unspecified atom stereocenters. The Morgan fingerprint density at radius 2 is 1.83 bits per heavy atom. The molecule has 0 radical (unpaired) electrons. The smallest absolute Gasteiger partial charge is 0.265 e. The maximum atomic E-state index is 13.0. The number of nitrogens with one attached hydrogen (secondary N) is 3. The summed E-state index contributed by atoms with van der Waals surface area (Å²) in [5, 5.41) is 7.06. The van der Waals surface area contributed by atoms with E-state index in [0.29, 0.717) is 28.7 Å². The third-order valence-electron chi connectivity index (χ3n) is 4.27. The first-order chi connectivity index (χ1) is 13.6. The molecule has 29 heavy (non-hydrogen) atoms. The van der Waals surface area contributed by atoms with Gasteiger partial charge in [-0.05, 0) is 41.3 Å². The minimum absolute atomic E-state index is 0. The van der Waals surface area contributed by atoms with E-state index in [4.69, 9.17) is 5.73 Å². The van der Waals surface area contributed by atoms with Crippen molar-refractivity contribution in [1.29, 1.82) is 0 Å². The van der Waals surface area contributed by atoms with Crippen molar-refractivity contribution in [3.05, 3.63) is 83.0 Å². The number of aromatic nitrogens is 1. The number of thiophene rings is 1. The number of aromatic amines is 1. The van der Waals surface area contributed by atoms with Gasteiger partial charge in [-0.2, -0.15) is 0 Å². The predicted octanol–water partition coefficient (Wildman–Crippen LogP) is 1.31. The van der Waals surface area contributed by atoms with Gasteiger partial charge in [0.1, 0.15) is 11.5 Å². The molecule has 2 aromatic heterocycles. The zero-order valence-electron chi connectivity index (χ0n) is 15.2. The molecule has 0 aliphatic carbocycles. The normalized spacial score (nSPS) is 10.4. The highest BCUT2D eigenvalue weighted by Gasteiger charge is 2.14. The van der Waals surface area contributed by atoms with Crippen molar-refractivity contribution in [3.8, 4) is 0 Å². The molecular formula is C21H18ClFN4OS. The Hall–Kier alpha value is -3.16. The van der Waals surface area contributed by atoms with E-state index < -0.39 is 0 Å². The summed E-state index contributed by atoms with van der Waals surface area (Å²) in [4.78, 5) is 16.2. The SMILES string of the molecule is Nc1[nH+]c(NCc2ccc(F)cc2)ccc1NC(=O)c1cc2ccccc2s1.[Cl-]. The van der Waals surface area contributed by atoms with Crippen molar-refractivity contribution in [3.63, 3.8) is 0 Å². The van der Waals surface area contributed by atoms with Crippen molar-refractivity contribution >= 4 is 44.7 Å². The van der Waals surface area contributed by atoms with E-state index in [1.165, 1.54) is 23.5 Å². The summed E-state index contributed by atoms with van der Waals surface area (Å²) < 4.78 is 14.0. The van der Waals surface area contributed by atoms with Gasteiger partial charge < -0.3 is 28.8 Å². The number of nitrogen functional groups attached to an aromatic ring is 1. The standard InChI is InChI=1S/C21H17FN4OS.ClH/c22-15-7-5-13(6-8-15)12-24-19-10-9-16(20(23)26-19)25-21(27)18-11-14-3-1-2-4-17(14)28-18;/h1-11H,12H2,(H,25,27)(H3,23,24,26);1H. The van der Waals surface area contributed by atoms with E-state index in [0.717, 1.165) is 15.6 Å². The first-order valence-electron chi connectivity index (χ1n) is 8.68. The van der Waals surface area contributed by atoms with E-state index in [2.05, 4.69) is 15.6 Å². The van der Waals surface area contributed by atoms with Crippen LogP contribution < -0.4 is 33.8 Å². The Balaban J connectivity index is 0.00000240. The van der Waals surface area contributed by atoms with Crippen LogP contribution in [0, 0.1) is 5.82 Å². The zero-order chi connectivity index (χ0) is 19.5. The lowest BCUT2D eigenvalue weighted by Crippen LogP contribution is -3.00. The van der Waals surface area contributed by atoms with Crippen molar-refractivity contribution in [2.75, 3.05) is 16.4 Å². The number of anilines is 3. The number of H-pyrrole nitrogens is 1. The number of carbonyl (C=O) groups is 1. The number of rotatable bonds is 5. The molecule has 5 nitrogen and oxygen atoms in total. The molecule has 2 aromatic carbocycles. The maximum Gasteiger partial charge on any atom is 0.265 e. The van der Waals surface area contributed by atoms with Gasteiger partial charge in [0.05, 0.1) is 11.4 Å². The van der Waals surface area contributed by atoms with Crippen LogP contribution in [0.4, 0.5) is 21.7 Å². The average molecular weight is 429 g/mol. The van der Waals surface area contributed by atoms with E-state index in [1.807, 2.05) is 30.3 Å². The molecule has 0 atom stereocenters. The molecule has 0 fully saturated rings. The average Bonchev–Trinajstić information content (AvgIpc) is 3.14. The number of benzene rings is 2. The summed E-state index contributed by atoms with van der Waals surface area (Å²) in [7, 11) is 0. The van der Waals surface area contributed by atoms with Crippen LogP contribution in [0.15, 0.2) is 66.7 Å². The lowest BCUT2D eigenvalue weighted by atomic mass is 10.2. The number of halogens is 2. The summed E-state index contributed by atoms with van der Waals surface area (Å²) in [5.74, 6) is 0.576. The molecule has 148 valence electrons. The molecule has 2 heterocycles. The van der Waals surface area contributed by atoms with Gasteiger partial charge in [0.2, 0.25) is 11.6 Å². The lowest BCUT2D eigenvalue weighted by molar-refractivity contribution is -0.342. The van der Waals surface area contributed by atoms with Gasteiger partial charge >= 0.3 is 0 Å². The number of fused-ring (bicyclic) bond motifs is 1. The minimum atomic E-state index is -0.265. The molecule has 0 aliphatic rings. The van der Waals surface area contributed by atoms with Crippen molar-refractivity contribution in [2.45, 2.75) is 6.54 Å². The first-order valence-corrected chi connectivity index (χ1v) is 9.50. The van der Waals surface area contributed by atoms with Gasteiger partial charge in [0.15, 0.2) is 0 Å². The van der Waals surface area contributed by atoms with Gasteiger partial charge in [-0.1, -0.05) is 30.3 Å². The summed E-state index contributed by atoms with van der Waals surface area (Å²) in [6.45, 7) is 0.518. The Morgan fingerprint density at radius 1 is 1.07 bits per heavy atom. The van der Waals surface area contributed by atoms with Crippen LogP contribution in [0.2, 0.25) is 0 Å². The van der Waals surface area contributed by atoms with Gasteiger partial charge in [-0.25, -0.2) is 9.37 Å². The fraction of sp³-hybridized carbons (Fsp3) is 0.0476. The molecule has 0 spiro atoms. The van der Waals surface area contributed by atoms with E-state index in [-0.39, 0.29) is 24.1 Å². The van der Waals surface area contributed by atoms with Gasteiger partial charge in [0, 0.05) is 10.8 Å². The third kappa shape index (κ3) is 4.82. The van der Waals surface area contributed by atoms with Crippen LogP contribution in [-0.4, -0.2) is 5.91 Å². The molecule has 0 bridgehead atoms. The monoisotopic (exact) mass is 428 g/mol. The number of amides is 1. The summed E-state index contributed by atoms with van der Waals surface area (Å²) >= 11 is 1.44. The molecule has 0 aliphatic heterocycles. The van der Waals surface area contributed by atoms with Crippen molar-refractivity contribution in [1.82, 2.24) is 0 Å². The summed E-state index contributed by atoms with van der Waals surface area (Å²) in [5.41, 5.74) is 7.50. The van der Waals surface area contributed by atoms with Gasteiger partial charge in [0.25, 0.3) is 5.91 Å². The lowest BCUT2D eigenvalue weighted by Gasteiger charge is -2.07. The van der Waals surface area contributed by atoms with Crippen LogP contribution in [0.3, 0.4) is 0 Å². The first kappa shape index (κ1) is 20.6. The highest BCUT2D eigenvalue weighted by molar-refractivity contribution is 7.20. The Kier molecular flexibility index (Phi) is 6.31. The second-order valence-corrected chi connectivity index (χ2v) is 7.37. The molecular weight excluding hydrogens is 411 g/mol. The van der Waals surface area contributed by atoms with E-state index >= 15 is 0 Å². The Bertz CT molecular complexity index is 1110. The number of nitrogens with two attached hydrogens (primary N) is 1. The predicted molar refractivity (Wildman–Crippen MR) is 111 cm³/mol. The van der Waals surface area contributed by atoms with Crippen LogP contribution in [-0.2, 0) is 6.54 Å². The van der Waals surface area contributed by atoms with Crippen molar-refractivity contribution < 1.29 is 26.6 Å². The molecule has 5 N–H and O–H groups in total. The number of hydrogen-bond acceptors (Lipinski definition) is 4. The second kappa shape index (κ2) is 8.89.